The predicted molar refractivity (Wildman–Crippen MR) is 116 cm³/mol. The number of anilines is 1. The van der Waals surface area contributed by atoms with Crippen LogP contribution < -0.4 is 4.90 Å². The lowest BCUT2D eigenvalue weighted by Gasteiger charge is -2.37. The average Bonchev–Trinajstić information content (AvgIpc) is 3.17. The highest BCUT2D eigenvalue weighted by Gasteiger charge is 2.41. The molecule has 0 bridgehead atoms. The van der Waals surface area contributed by atoms with Crippen molar-refractivity contribution in [2.24, 2.45) is 0 Å². The monoisotopic (exact) mass is 443 g/mol. The maximum atomic E-state index is 13.6. The molecule has 1 atom stereocenters. The fourth-order valence-corrected chi connectivity index (χ4v) is 3.46. The van der Waals surface area contributed by atoms with Gasteiger partial charge in [-0.3, -0.25) is 9.69 Å². The summed E-state index contributed by atoms with van der Waals surface area (Å²) in [5.74, 6) is -0.275. The van der Waals surface area contributed by atoms with E-state index >= 15 is 0 Å². The predicted octanol–water partition coefficient (Wildman–Crippen LogP) is 4.44. The lowest BCUT2D eigenvalue weighted by molar-refractivity contribution is -0.124. The first-order valence-corrected chi connectivity index (χ1v) is 10.6. The van der Waals surface area contributed by atoms with Crippen LogP contribution in [-0.4, -0.2) is 46.2 Å². The number of nitrogens with zero attached hydrogens (tertiary/aromatic N) is 3. The molecule has 1 aromatic carbocycles. The van der Waals surface area contributed by atoms with E-state index in [1.54, 1.807) is 27.7 Å². The van der Waals surface area contributed by atoms with Gasteiger partial charge in [-0.05, 0) is 52.5 Å². The van der Waals surface area contributed by atoms with Crippen molar-refractivity contribution in [1.29, 1.82) is 0 Å². The first-order chi connectivity index (χ1) is 15.2. The minimum Gasteiger partial charge on any atom is -0.446 e. The van der Waals surface area contributed by atoms with E-state index in [0.717, 1.165) is 29.7 Å². The lowest BCUT2D eigenvalue weighted by Crippen LogP contribution is -2.55. The van der Waals surface area contributed by atoms with Crippen LogP contribution in [0.15, 0.2) is 41.1 Å². The topological polar surface area (TPSA) is 102 Å². The molecule has 0 N–H and O–H groups in total. The number of piperidine rings is 1. The van der Waals surface area contributed by atoms with Gasteiger partial charge in [-0.25, -0.2) is 9.59 Å². The van der Waals surface area contributed by atoms with Crippen LogP contribution in [-0.2, 0) is 20.9 Å². The first-order valence-electron chi connectivity index (χ1n) is 10.6. The van der Waals surface area contributed by atoms with Gasteiger partial charge in [0.15, 0.2) is 12.2 Å². The molecule has 1 saturated heterocycles. The van der Waals surface area contributed by atoms with Crippen LogP contribution in [0.5, 0.6) is 0 Å². The van der Waals surface area contributed by atoms with Gasteiger partial charge < -0.3 is 13.9 Å². The fraction of sp³-hybridized carbons (Fsp3) is 0.478. The average molecular weight is 444 g/mol. The molecule has 172 valence electrons. The van der Waals surface area contributed by atoms with Crippen molar-refractivity contribution in [3.05, 3.63) is 48.0 Å². The summed E-state index contributed by atoms with van der Waals surface area (Å²) in [5, 5.41) is 0. The number of amides is 3. The highest BCUT2D eigenvalue weighted by Crippen LogP contribution is 2.26. The molecule has 0 spiro atoms. The number of hydrogen-bond acceptors (Lipinski definition) is 7. The fourth-order valence-electron chi connectivity index (χ4n) is 3.46. The second kappa shape index (κ2) is 9.84. The molecule has 3 rings (SSSR count). The number of likely N-dealkylation sites (tertiary alicyclic amines) is 1. The number of aryl methyl sites for hydroxylation is 1. The Labute approximate surface area is 187 Å². The zero-order chi connectivity index (χ0) is 23.3. The molecule has 0 aliphatic carbocycles. The van der Waals surface area contributed by atoms with Crippen molar-refractivity contribution in [2.45, 2.75) is 65.2 Å². The van der Waals surface area contributed by atoms with Crippen LogP contribution in [0.25, 0.3) is 0 Å². The second-order valence-corrected chi connectivity index (χ2v) is 8.63. The molecule has 1 fully saturated rings. The number of aromatic nitrogens is 1. The van der Waals surface area contributed by atoms with Crippen LogP contribution >= 0.6 is 0 Å². The highest BCUT2D eigenvalue weighted by molar-refractivity contribution is 6.14. The van der Waals surface area contributed by atoms with Crippen molar-refractivity contribution >= 4 is 23.9 Å². The van der Waals surface area contributed by atoms with Crippen molar-refractivity contribution in [3.63, 3.8) is 0 Å². The van der Waals surface area contributed by atoms with Crippen molar-refractivity contribution in [2.75, 3.05) is 11.4 Å². The summed E-state index contributed by atoms with van der Waals surface area (Å²) < 4.78 is 16.1. The Hall–Kier alpha value is -3.36. The molecule has 1 aliphatic rings. The normalized spacial score (nSPS) is 16.4. The molecule has 2 heterocycles. The molecule has 32 heavy (non-hydrogen) atoms. The van der Waals surface area contributed by atoms with E-state index < -0.39 is 29.7 Å². The molecule has 9 heteroatoms. The van der Waals surface area contributed by atoms with Gasteiger partial charge in [0.25, 0.3) is 5.91 Å². The number of rotatable bonds is 4. The molecular formula is C23H29N3O6. The van der Waals surface area contributed by atoms with E-state index in [4.69, 9.17) is 13.9 Å². The Balaban J connectivity index is 1.84. The number of benzene rings is 1. The summed E-state index contributed by atoms with van der Waals surface area (Å²) in [7, 11) is 0. The maximum absolute atomic E-state index is 13.6. The van der Waals surface area contributed by atoms with E-state index in [9.17, 15) is 14.4 Å². The van der Waals surface area contributed by atoms with Crippen molar-refractivity contribution < 1.29 is 28.3 Å². The number of ether oxygens (including phenoxy) is 2. The van der Waals surface area contributed by atoms with E-state index in [1.807, 2.05) is 30.3 Å². The Kier molecular flexibility index (Phi) is 7.17. The van der Waals surface area contributed by atoms with Gasteiger partial charge in [0.2, 0.25) is 0 Å². The molecule has 1 aliphatic heterocycles. The van der Waals surface area contributed by atoms with Crippen LogP contribution in [0.1, 0.15) is 51.4 Å². The van der Waals surface area contributed by atoms with Crippen molar-refractivity contribution in [1.82, 2.24) is 9.88 Å². The van der Waals surface area contributed by atoms with Gasteiger partial charge in [-0.2, -0.15) is 9.88 Å². The molecular weight excluding hydrogens is 414 g/mol. The zero-order valence-corrected chi connectivity index (χ0v) is 18.9. The minimum atomic E-state index is -0.884. The molecule has 9 nitrogen and oxygen atoms in total. The summed E-state index contributed by atoms with van der Waals surface area (Å²) in [4.78, 5) is 45.6. The first kappa shape index (κ1) is 23.3. The summed E-state index contributed by atoms with van der Waals surface area (Å²) in [6.45, 7) is 7.23. The van der Waals surface area contributed by atoms with Gasteiger partial charge in [-0.1, -0.05) is 30.3 Å². The van der Waals surface area contributed by atoms with E-state index in [2.05, 4.69) is 4.98 Å². The Morgan fingerprint density at radius 2 is 1.91 bits per heavy atom. The standard InChI is InChI=1S/C23H29N3O6/c1-16-19(24-15-31-16)26(22(29)30-14-17-10-6-5-7-11-17)20(27)18-12-8-9-13-25(18)21(28)32-23(2,3)4/h5-7,10-11,15,18H,8-9,12-14H2,1-4H3/t18-/m0/s1. The Morgan fingerprint density at radius 3 is 2.53 bits per heavy atom. The number of carbonyl (C=O) groups excluding carboxylic acids is 3. The van der Waals surface area contributed by atoms with Gasteiger partial charge in [0, 0.05) is 6.54 Å². The maximum Gasteiger partial charge on any atom is 0.422 e. The Morgan fingerprint density at radius 1 is 1.19 bits per heavy atom. The van der Waals surface area contributed by atoms with Gasteiger partial charge in [0.1, 0.15) is 24.0 Å². The largest absolute Gasteiger partial charge is 0.446 e. The third-order valence-electron chi connectivity index (χ3n) is 4.96. The number of oxazole rings is 1. The zero-order valence-electron chi connectivity index (χ0n) is 18.9. The third kappa shape index (κ3) is 5.66. The molecule has 0 radical (unpaired) electrons. The molecule has 0 saturated carbocycles. The number of hydrogen-bond donors (Lipinski definition) is 0. The van der Waals surface area contributed by atoms with E-state index in [-0.39, 0.29) is 18.2 Å². The third-order valence-corrected chi connectivity index (χ3v) is 4.96. The summed E-state index contributed by atoms with van der Waals surface area (Å²) >= 11 is 0. The molecule has 1 aromatic heterocycles. The van der Waals surface area contributed by atoms with Crippen LogP contribution in [0.3, 0.4) is 0 Å². The van der Waals surface area contributed by atoms with Gasteiger partial charge in [-0.15, -0.1) is 0 Å². The number of carbonyl (C=O) groups is 3. The van der Waals surface area contributed by atoms with E-state index in [1.165, 1.54) is 4.90 Å². The summed E-state index contributed by atoms with van der Waals surface area (Å²) in [6, 6.07) is 8.26. The smallest absolute Gasteiger partial charge is 0.422 e. The summed E-state index contributed by atoms with van der Waals surface area (Å²) in [6.07, 6.45) is 1.56. The van der Waals surface area contributed by atoms with Crippen LogP contribution in [0.4, 0.5) is 15.4 Å². The quantitative estimate of drug-likeness (QED) is 0.688. The molecule has 2 aromatic rings. The molecule has 0 unspecified atom stereocenters. The van der Waals surface area contributed by atoms with E-state index in [0.29, 0.717) is 13.0 Å². The minimum absolute atomic E-state index is 0.0131. The Bertz CT molecular complexity index is 950. The second-order valence-electron chi connectivity index (χ2n) is 8.63. The SMILES string of the molecule is Cc1ocnc1N(C(=O)OCc1ccccc1)C(=O)[C@@H]1CCCCN1C(=O)OC(C)(C)C. The van der Waals surface area contributed by atoms with Crippen LogP contribution in [0.2, 0.25) is 0 Å². The summed E-state index contributed by atoms with van der Waals surface area (Å²) in [5.41, 5.74) is 0.0669. The lowest BCUT2D eigenvalue weighted by atomic mass is 10.0. The molecule has 3 amide bonds. The van der Waals surface area contributed by atoms with Crippen LogP contribution in [0, 0.1) is 6.92 Å². The number of imide groups is 1. The van der Waals surface area contributed by atoms with Gasteiger partial charge >= 0.3 is 12.2 Å². The highest BCUT2D eigenvalue weighted by atomic mass is 16.6. The van der Waals surface area contributed by atoms with Crippen molar-refractivity contribution in [3.8, 4) is 0 Å². The van der Waals surface area contributed by atoms with Gasteiger partial charge in [0.05, 0.1) is 0 Å².